The number of carboxylic acids is 1. The predicted octanol–water partition coefficient (Wildman–Crippen LogP) is 3.31. The zero-order valence-corrected chi connectivity index (χ0v) is 9.61. The number of hydrogen-bond acceptors (Lipinski definition) is 1. The first-order chi connectivity index (χ1) is 7.22. The molecule has 2 aliphatic carbocycles. The van der Waals surface area contributed by atoms with Gasteiger partial charge in [-0.05, 0) is 37.0 Å². The summed E-state index contributed by atoms with van der Waals surface area (Å²) in [6, 6.07) is 0. The minimum atomic E-state index is -0.551. The number of carboxylic acid groups (broad SMARTS) is 1. The van der Waals surface area contributed by atoms with Crippen LogP contribution in [0.4, 0.5) is 0 Å². The Hall–Kier alpha value is -0.530. The van der Waals surface area contributed by atoms with Gasteiger partial charge in [0.1, 0.15) is 0 Å². The maximum atomic E-state index is 11.0. The van der Waals surface area contributed by atoms with Crippen molar-refractivity contribution < 1.29 is 9.90 Å². The van der Waals surface area contributed by atoms with Crippen LogP contribution in [-0.4, -0.2) is 11.1 Å². The molecule has 0 aromatic carbocycles. The number of carbonyl (C=O) groups is 1. The van der Waals surface area contributed by atoms with Crippen molar-refractivity contribution in [1.29, 1.82) is 0 Å². The fraction of sp³-hybridized carbons (Fsp3) is 0.923. The summed E-state index contributed by atoms with van der Waals surface area (Å²) in [5, 5.41) is 9.06. The standard InChI is InChI=1S/C13H22O2/c1-2-9-4-3-5-10(8-9)11-6-7-12(11)13(14)15/h9-12H,2-8H2,1H3,(H,14,15). The van der Waals surface area contributed by atoms with Crippen molar-refractivity contribution in [1.82, 2.24) is 0 Å². The van der Waals surface area contributed by atoms with Crippen molar-refractivity contribution >= 4 is 5.97 Å². The van der Waals surface area contributed by atoms with Crippen LogP contribution in [0.25, 0.3) is 0 Å². The summed E-state index contributed by atoms with van der Waals surface area (Å²) in [6.07, 6.45) is 8.64. The lowest BCUT2D eigenvalue weighted by Crippen LogP contribution is -2.39. The molecule has 4 atom stereocenters. The zero-order valence-electron chi connectivity index (χ0n) is 9.61. The molecule has 0 amide bonds. The van der Waals surface area contributed by atoms with Crippen LogP contribution < -0.4 is 0 Å². The second-order valence-corrected chi connectivity index (χ2v) is 5.39. The molecule has 2 aliphatic rings. The topological polar surface area (TPSA) is 37.3 Å². The van der Waals surface area contributed by atoms with Crippen molar-refractivity contribution in [3.05, 3.63) is 0 Å². The highest BCUT2D eigenvalue weighted by Gasteiger charge is 2.42. The molecule has 0 saturated heterocycles. The molecule has 0 heterocycles. The van der Waals surface area contributed by atoms with Crippen LogP contribution in [0.1, 0.15) is 51.9 Å². The van der Waals surface area contributed by atoms with Gasteiger partial charge in [0.25, 0.3) is 0 Å². The second kappa shape index (κ2) is 4.54. The summed E-state index contributed by atoms with van der Waals surface area (Å²) in [5.41, 5.74) is 0. The monoisotopic (exact) mass is 210 g/mol. The molecule has 0 spiro atoms. The molecule has 0 bridgehead atoms. The van der Waals surface area contributed by atoms with E-state index in [0.29, 0.717) is 5.92 Å². The average Bonchev–Trinajstić information content (AvgIpc) is 2.15. The van der Waals surface area contributed by atoms with Gasteiger partial charge in [0.2, 0.25) is 0 Å². The van der Waals surface area contributed by atoms with E-state index in [1.807, 2.05) is 0 Å². The molecule has 2 fully saturated rings. The van der Waals surface area contributed by atoms with E-state index >= 15 is 0 Å². The molecule has 2 rings (SSSR count). The highest BCUT2D eigenvalue weighted by Crippen LogP contribution is 2.46. The maximum absolute atomic E-state index is 11.0. The molecule has 2 heteroatoms. The van der Waals surface area contributed by atoms with Crippen molar-refractivity contribution in [2.75, 3.05) is 0 Å². The lowest BCUT2D eigenvalue weighted by Gasteiger charge is -2.43. The van der Waals surface area contributed by atoms with Gasteiger partial charge in [0.05, 0.1) is 5.92 Å². The summed E-state index contributed by atoms with van der Waals surface area (Å²) in [4.78, 5) is 11.0. The third-order valence-corrected chi connectivity index (χ3v) is 4.65. The van der Waals surface area contributed by atoms with Gasteiger partial charge in [0, 0.05) is 0 Å². The van der Waals surface area contributed by atoms with Gasteiger partial charge in [-0.3, -0.25) is 4.79 Å². The summed E-state index contributed by atoms with van der Waals surface area (Å²) in [6.45, 7) is 2.27. The van der Waals surface area contributed by atoms with Crippen LogP contribution in [0.2, 0.25) is 0 Å². The van der Waals surface area contributed by atoms with Crippen LogP contribution in [-0.2, 0) is 4.79 Å². The van der Waals surface area contributed by atoms with Crippen molar-refractivity contribution in [2.45, 2.75) is 51.9 Å². The van der Waals surface area contributed by atoms with Gasteiger partial charge in [-0.2, -0.15) is 0 Å². The second-order valence-electron chi connectivity index (χ2n) is 5.39. The predicted molar refractivity (Wildman–Crippen MR) is 59.6 cm³/mol. The first-order valence-electron chi connectivity index (χ1n) is 6.45. The zero-order chi connectivity index (χ0) is 10.8. The summed E-state index contributed by atoms with van der Waals surface area (Å²) >= 11 is 0. The highest BCUT2D eigenvalue weighted by molar-refractivity contribution is 5.71. The van der Waals surface area contributed by atoms with Gasteiger partial charge >= 0.3 is 5.97 Å². The summed E-state index contributed by atoms with van der Waals surface area (Å²) in [7, 11) is 0. The fourth-order valence-electron chi connectivity index (χ4n) is 3.49. The first-order valence-corrected chi connectivity index (χ1v) is 6.45. The molecule has 4 unspecified atom stereocenters. The minimum absolute atomic E-state index is 0.00870. The van der Waals surface area contributed by atoms with Gasteiger partial charge in [-0.25, -0.2) is 0 Å². The lowest BCUT2D eigenvalue weighted by molar-refractivity contribution is -0.150. The molecule has 2 saturated carbocycles. The van der Waals surface area contributed by atoms with Crippen LogP contribution in [0.15, 0.2) is 0 Å². The molecule has 0 aromatic rings. The van der Waals surface area contributed by atoms with Gasteiger partial charge in [0.15, 0.2) is 0 Å². The van der Waals surface area contributed by atoms with Crippen molar-refractivity contribution in [3.8, 4) is 0 Å². The average molecular weight is 210 g/mol. The summed E-state index contributed by atoms with van der Waals surface area (Å²) in [5.74, 6) is 1.55. The van der Waals surface area contributed by atoms with Crippen LogP contribution >= 0.6 is 0 Å². The number of aliphatic carboxylic acids is 1. The molecule has 0 radical (unpaired) electrons. The van der Waals surface area contributed by atoms with Gasteiger partial charge < -0.3 is 5.11 Å². The number of hydrogen-bond donors (Lipinski definition) is 1. The molecule has 1 N–H and O–H groups in total. The van der Waals surface area contributed by atoms with E-state index in [2.05, 4.69) is 6.92 Å². The Morgan fingerprint density at radius 2 is 2.07 bits per heavy atom. The van der Waals surface area contributed by atoms with E-state index in [4.69, 9.17) is 5.11 Å². The molecular weight excluding hydrogens is 188 g/mol. The number of rotatable bonds is 3. The Morgan fingerprint density at radius 3 is 2.60 bits per heavy atom. The smallest absolute Gasteiger partial charge is 0.306 e. The molecule has 0 aromatic heterocycles. The molecular formula is C13H22O2. The lowest BCUT2D eigenvalue weighted by atomic mass is 9.62. The molecule has 0 aliphatic heterocycles. The Balaban J connectivity index is 1.90. The highest BCUT2D eigenvalue weighted by atomic mass is 16.4. The first kappa shape index (κ1) is 11.0. The van der Waals surface area contributed by atoms with Crippen molar-refractivity contribution in [2.24, 2.45) is 23.7 Å². The van der Waals surface area contributed by atoms with Crippen LogP contribution in [0, 0.1) is 23.7 Å². The van der Waals surface area contributed by atoms with Crippen LogP contribution in [0.3, 0.4) is 0 Å². The normalized spacial score (nSPS) is 40.9. The largest absolute Gasteiger partial charge is 0.481 e. The van der Waals surface area contributed by atoms with E-state index in [-0.39, 0.29) is 5.92 Å². The van der Waals surface area contributed by atoms with Gasteiger partial charge in [-0.1, -0.05) is 32.6 Å². The Labute approximate surface area is 92.1 Å². The van der Waals surface area contributed by atoms with E-state index in [0.717, 1.165) is 24.7 Å². The quantitative estimate of drug-likeness (QED) is 0.776. The maximum Gasteiger partial charge on any atom is 0.306 e. The van der Waals surface area contributed by atoms with E-state index < -0.39 is 5.97 Å². The Kier molecular flexibility index (Phi) is 3.32. The van der Waals surface area contributed by atoms with E-state index in [9.17, 15) is 4.79 Å². The minimum Gasteiger partial charge on any atom is -0.481 e. The Morgan fingerprint density at radius 1 is 1.27 bits per heavy atom. The fourth-order valence-corrected chi connectivity index (χ4v) is 3.49. The SMILES string of the molecule is CCC1CCCC(C2CCC2C(=O)O)C1. The molecule has 2 nitrogen and oxygen atoms in total. The van der Waals surface area contributed by atoms with Crippen molar-refractivity contribution in [3.63, 3.8) is 0 Å². The van der Waals surface area contributed by atoms with E-state index in [1.54, 1.807) is 0 Å². The summed E-state index contributed by atoms with van der Waals surface area (Å²) < 4.78 is 0. The molecule has 86 valence electrons. The van der Waals surface area contributed by atoms with E-state index in [1.165, 1.54) is 32.1 Å². The third kappa shape index (κ3) is 2.19. The Bertz CT molecular complexity index is 237. The third-order valence-electron chi connectivity index (χ3n) is 4.65. The van der Waals surface area contributed by atoms with Gasteiger partial charge in [-0.15, -0.1) is 0 Å². The molecule has 15 heavy (non-hydrogen) atoms. The van der Waals surface area contributed by atoms with Crippen LogP contribution in [0.5, 0.6) is 0 Å².